The SMILES string of the molecule is O=c1c(Oc2ccc(-c3cccc(O)c3)cc2)c(N2CCN(CCO)CC2)cnn1-c1ccc(Cl)cc1. The van der Waals surface area contributed by atoms with Crippen molar-refractivity contribution in [2.75, 3.05) is 44.2 Å². The van der Waals surface area contributed by atoms with Gasteiger partial charge < -0.3 is 19.8 Å². The van der Waals surface area contributed by atoms with Gasteiger partial charge in [0.2, 0.25) is 5.75 Å². The highest BCUT2D eigenvalue weighted by atomic mass is 35.5. The lowest BCUT2D eigenvalue weighted by Gasteiger charge is -2.36. The molecule has 0 bridgehead atoms. The Morgan fingerprint density at radius 2 is 1.65 bits per heavy atom. The molecule has 2 N–H and O–H groups in total. The largest absolute Gasteiger partial charge is 0.508 e. The lowest BCUT2D eigenvalue weighted by atomic mass is 10.1. The molecule has 0 saturated carbocycles. The molecule has 0 radical (unpaired) electrons. The van der Waals surface area contributed by atoms with E-state index >= 15 is 0 Å². The van der Waals surface area contributed by atoms with Gasteiger partial charge in [0, 0.05) is 37.7 Å². The number of aromatic nitrogens is 2. The predicted molar refractivity (Wildman–Crippen MR) is 144 cm³/mol. The normalized spacial score (nSPS) is 14.1. The van der Waals surface area contributed by atoms with Gasteiger partial charge in [-0.1, -0.05) is 35.9 Å². The topological polar surface area (TPSA) is 91.1 Å². The lowest BCUT2D eigenvalue weighted by molar-refractivity contribution is 0.188. The maximum Gasteiger partial charge on any atom is 0.316 e. The van der Waals surface area contributed by atoms with Crippen LogP contribution in [0, 0.1) is 0 Å². The fourth-order valence-electron chi connectivity index (χ4n) is 4.39. The number of β-amino-alcohol motifs (C(OH)–C–C–N with tert-alkyl or cyclic N) is 1. The van der Waals surface area contributed by atoms with E-state index in [1.54, 1.807) is 60.8 Å². The highest BCUT2D eigenvalue weighted by Gasteiger charge is 2.24. The molecular formula is C28H27ClN4O4. The van der Waals surface area contributed by atoms with Crippen molar-refractivity contribution in [2.45, 2.75) is 0 Å². The van der Waals surface area contributed by atoms with Gasteiger partial charge in [-0.15, -0.1) is 0 Å². The number of piperazine rings is 1. The van der Waals surface area contributed by atoms with Crippen LogP contribution in [-0.2, 0) is 0 Å². The average Bonchev–Trinajstić information content (AvgIpc) is 2.92. The second-order valence-corrected chi connectivity index (χ2v) is 9.22. The van der Waals surface area contributed by atoms with Gasteiger partial charge in [-0.05, 0) is 59.7 Å². The van der Waals surface area contributed by atoms with Gasteiger partial charge in [0.05, 0.1) is 18.5 Å². The molecule has 1 aliphatic heterocycles. The summed E-state index contributed by atoms with van der Waals surface area (Å²) < 4.78 is 7.53. The number of aliphatic hydroxyl groups is 1. The maximum atomic E-state index is 13.7. The molecule has 0 unspecified atom stereocenters. The number of ether oxygens (including phenoxy) is 1. The number of halogens is 1. The third kappa shape index (κ3) is 5.61. The lowest BCUT2D eigenvalue weighted by Crippen LogP contribution is -2.47. The molecule has 1 aliphatic rings. The molecule has 0 aliphatic carbocycles. The number of anilines is 1. The first kappa shape index (κ1) is 24.8. The molecule has 3 aromatic carbocycles. The summed E-state index contributed by atoms with van der Waals surface area (Å²) in [6.45, 7) is 3.63. The third-order valence-corrected chi connectivity index (χ3v) is 6.62. The summed E-state index contributed by atoms with van der Waals surface area (Å²) in [5.41, 5.74) is 2.61. The Balaban J connectivity index is 1.48. The van der Waals surface area contributed by atoms with E-state index in [4.69, 9.17) is 16.3 Å². The first-order valence-electron chi connectivity index (χ1n) is 12.1. The number of hydrogen-bond acceptors (Lipinski definition) is 7. The van der Waals surface area contributed by atoms with Crippen molar-refractivity contribution in [1.29, 1.82) is 0 Å². The molecule has 0 amide bonds. The second-order valence-electron chi connectivity index (χ2n) is 8.78. The Bertz CT molecular complexity index is 1420. The van der Waals surface area contributed by atoms with Crippen LogP contribution >= 0.6 is 11.6 Å². The Hall–Kier alpha value is -3.85. The molecule has 0 spiro atoms. The predicted octanol–water partition coefficient (Wildman–Crippen LogP) is 4.17. The number of phenolic OH excluding ortho intramolecular Hbond substituents is 1. The third-order valence-electron chi connectivity index (χ3n) is 6.37. The summed E-state index contributed by atoms with van der Waals surface area (Å²) in [5, 5.41) is 24.1. The molecule has 0 atom stereocenters. The van der Waals surface area contributed by atoms with Crippen molar-refractivity contribution in [3.8, 4) is 34.1 Å². The molecule has 2 heterocycles. The molecule has 1 fully saturated rings. The van der Waals surface area contributed by atoms with Crippen molar-refractivity contribution in [3.63, 3.8) is 0 Å². The summed E-state index contributed by atoms with van der Waals surface area (Å²) in [4.78, 5) is 17.9. The number of phenols is 1. The smallest absolute Gasteiger partial charge is 0.316 e. The minimum atomic E-state index is -0.380. The van der Waals surface area contributed by atoms with E-state index < -0.39 is 0 Å². The van der Waals surface area contributed by atoms with Crippen LogP contribution in [0.1, 0.15) is 0 Å². The van der Waals surface area contributed by atoms with Gasteiger partial charge in [-0.25, -0.2) is 0 Å². The first-order chi connectivity index (χ1) is 18.0. The van der Waals surface area contributed by atoms with E-state index in [2.05, 4.69) is 14.9 Å². The van der Waals surface area contributed by atoms with E-state index in [1.807, 2.05) is 18.2 Å². The standard InChI is InChI=1S/C28H27ClN4O4/c29-22-6-8-23(9-7-22)33-28(36)27(26(19-30-33)32-14-12-31(13-15-32)16-17-34)37-25-10-4-20(5-11-25)21-2-1-3-24(35)18-21/h1-11,18-19,34-35H,12-17H2. The zero-order valence-corrected chi connectivity index (χ0v) is 20.9. The Morgan fingerprint density at radius 3 is 2.32 bits per heavy atom. The van der Waals surface area contributed by atoms with E-state index in [1.165, 1.54) is 4.68 Å². The summed E-state index contributed by atoms with van der Waals surface area (Å²) in [5.74, 6) is 0.891. The van der Waals surface area contributed by atoms with E-state index in [-0.39, 0.29) is 23.7 Å². The van der Waals surface area contributed by atoms with Crippen LogP contribution in [0.5, 0.6) is 17.2 Å². The average molecular weight is 519 g/mol. The molecule has 37 heavy (non-hydrogen) atoms. The minimum absolute atomic E-state index is 0.117. The summed E-state index contributed by atoms with van der Waals surface area (Å²) >= 11 is 6.03. The Morgan fingerprint density at radius 1 is 0.919 bits per heavy atom. The number of aromatic hydroxyl groups is 1. The van der Waals surface area contributed by atoms with Gasteiger partial charge in [-0.2, -0.15) is 9.78 Å². The zero-order valence-electron chi connectivity index (χ0n) is 20.1. The van der Waals surface area contributed by atoms with Gasteiger partial charge in [-0.3, -0.25) is 9.69 Å². The molecule has 5 rings (SSSR count). The maximum absolute atomic E-state index is 13.7. The van der Waals surface area contributed by atoms with Crippen molar-refractivity contribution in [3.05, 3.63) is 94.4 Å². The number of hydrogen-bond donors (Lipinski definition) is 2. The molecule has 4 aromatic rings. The monoisotopic (exact) mass is 518 g/mol. The first-order valence-corrected chi connectivity index (χ1v) is 12.4. The number of benzene rings is 3. The van der Waals surface area contributed by atoms with Crippen molar-refractivity contribution >= 4 is 17.3 Å². The van der Waals surface area contributed by atoms with E-state index in [9.17, 15) is 15.0 Å². The number of nitrogens with zero attached hydrogens (tertiary/aromatic N) is 4. The number of rotatable bonds is 7. The second kappa shape index (κ2) is 11.0. The Kier molecular flexibility index (Phi) is 7.41. The molecular weight excluding hydrogens is 492 g/mol. The molecule has 8 nitrogen and oxygen atoms in total. The summed E-state index contributed by atoms with van der Waals surface area (Å²) in [6, 6.07) is 21.3. The van der Waals surface area contributed by atoms with Gasteiger partial charge >= 0.3 is 5.56 Å². The van der Waals surface area contributed by atoms with Crippen molar-refractivity contribution < 1.29 is 14.9 Å². The van der Waals surface area contributed by atoms with Gasteiger partial charge in [0.1, 0.15) is 17.2 Å². The fraction of sp³-hybridized carbons (Fsp3) is 0.214. The fourth-order valence-corrected chi connectivity index (χ4v) is 4.52. The van der Waals surface area contributed by atoms with Crippen molar-refractivity contribution in [2.24, 2.45) is 0 Å². The molecule has 190 valence electrons. The number of aliphatic hydroxyl groups excluding tert-OH is 1. The molecule has 1 saturated heterocycles. The van der Waals surface area contributed by atoms with Crippen LogP contribution in [0.2, 0.25) is 5.02 Å². The van der Waals surface area contributed by atoms with E-state index in [0.29, 0.717) is 41.8 Å². The van der Waals surface area contributed by atoms with Gasteiger partial charge in [0.25, 0.3) is 0 Å². The van der Waals surface area contributed by atoms with Crippen LogP contribution in [0.4, 0.5) is 5.69 Å². The zero-order chi connectivity index (χ0) is 25.8. The van der Waals surface area contributed by atoms with Crippen LogP contribution in [-0.4, -0.2) is 64.2 Å². The van der Waals surface area contributed by atoms with E-state index in [0.717, 1.165) is 24.2 Å². The quantitative estimate of drug-likeness (QED) is 0.379. The minimum Gasteiger partial charge on any atom is -0.508 e. The van der Waals surface area contributed by atoms with Crippen LogP contribution in [0.3, 0.4) is 0 Å². The van der Waals surface area contributed by atoms with Crippen molar-refractivity contribution in [1.82, 2.24) is 14.7 Å². The highest BCUT2D eigenvalue weighted by molar-refractivity contribution is 6.30. The van der Waals surface area contributed by atoms with Crippen LogP contribution in [0.15, 0.2) is 83.8 Å². The highest BCUT2D eigenvalue weighted by Crippen LogP contribution is 2.31. The molecule has 9 heteroatoms. The van der Waals surface area contributed by atoms with Gasteiger partial charge in [0.15, 0.2) is 0 Å². The van der Waals surface area contributed by atoms with Crippen LogP contribution in [0.25, 0.3) is 16.8 Å². The molecule has 1 aromatic heterocycles. The van der Waals surface area contributed by atoms with Crippen LogP contribution < -0.4 is 15.2 Å². The summed E-state index contributed by atoms with van der Waals surface area (Å²) in [7, 11) is 0. The summed E-state index contributed by atoms with van der Waals surface area (Å²) in [6.07, 6.45) is 1.66. The Labute approximate surface area is 219 Å².